The summed E-state index contributed by atoms with van der Waals surface area (Å²) in [6, 6.07) is 15.3. The highest BCUT2D eigenvalue weighted by Gasteiger charge is 2.14. The molecule has 0 amide bonds. The number of hydrogen-bond donors (Lipinski definition) is 1. The van der Waals surface area contributed by atoms with Gasteiger partial charge < -0.3 is 10.2 Å². The molecule has 1 aliphatic rings. The van der Waals surface area contributed by atoms with Crippen molar-refractivity contribution in [2.75, 3.05) is 18.0 Å². The van der Waals surface area contributed by atoms with Crippen molar-refractivity contribution in [2.45, 2.75) is 32.4 Å². The fourth-order valence-corrected chi connectivity index (χ4v) is 3.53. The van der Waals surface area contributed by atoms with Crippen molar-refractivity contribution in [2.24, 2.45) is 0 Å². The Hall–Kier alpha value is -2.46. The Morgan fingerprint density at radius 1 is 1.00 bits per heavy atom. The molecule has 0 spiro atoms. The summed E-state index contributed by atoms with van der Waals surface area (Å²) in [5, 5.41) is 6.20. The van der Waals surface area contributed by atoms with Crippen LogP contribution in [-0.2, 0) is 6.54 Å². The molecule has 3 aromatic rings. The molecule has 4 rings (SSSR count). The van der Waals surface area contributed by atoms with Gasteiger partial charge in [0.15, 0.2) is 0 Å². The summed E-state index contributed by atoms with van der Waals surface area (Å²) in [7, 11) is 0. The van der Waals surface area contributed by atoms with E-state index in [2.05, 4.69) is 69.6 Å². The SMILES string of the molecule is C[C@H](NCc1cnc(N2CCCC2)nc1)c1cccc2ccccc12. The van der Waals surface area contributed by atoms with E-state index in [1.807, 2.05) is 12.4 Å². The van der Waals surface area contributed by atoms with Crippen LogP contribution in [0.5, 0.6) is 0 Å². The smallest absolute Gasteiger partial charge is 0.225 e. The molecule has 1 saturated heterocycles. The molecule has 1 N–H and O–H groups in total. The van der Waals surface area contributed by atoms with Gasteiger partial charge in [-0.05, 0) is 36.1 Å². The zero-order valence-corrected chi connectivity index (χ0v) is 14.7. The lowest BCUT2D eigenvalue weighted by molar-refractivity contribution is 0.576. The van der Waals surface area contributed by atoms with Gasteiger partial charge in [0.05, 0.1) is 0 Å². The highest BCUT2D eigenvalue weighted by Crippen LogP contribution is 2.24. The van der Waals surface area contributed by atoms with Crippen LogP contribution in [0.1, 0.15) is 36.9 Å². The van der Waals surface area contributed by atoms with Crippen molar-refractivity contribution in [3.05, 3.63) is 66.0 Å². The number of nitrogens with zero attached hydrogens (tertiary/aromatic N) is 3. The van der Waals surface area contributed by atoms with Gasteiger partial charge in [0, 0.05) is 43.6 Å². The Balaban J connectivity index is 1.43. The monoisotopic (exact) mass is 332 g/mol. The number of hydrogen-bond acceptors (Lipinski definition) is 4. The van der Waals surface area contributed by atoms with Gasteiger partial charge in [0.1, 0.15) is 0 Å². The minimum atomic E-state index is 0.268. The van der Waals surface area contributed by atoms with Gasteiger partial charge in [-0.2, -0.15) is 0 Å². The van der Waals surface area contributed by atoms with Crippen LogP contribution in [0.15, 0.2) is 54.9 Å². The van der Waals surface area contributed by atoms with Crippen molar-refractivity contribution in [3.8, 4) is 0 Å². The van der Waals surface area contributed by atoms with Crippen LogP contribution >= 0.6 is 0 Å². The van der Waals surface area contributed by atoms with E-state index in [-0.39, 0.29) is 6.04 Å². The van der Waals surface area contributed by atoms with Gasteiger partial charge in [0.25, 0.3) is 0 Å². The summed E-state index contributed by atoms with van der Waals surface area (Å²) < 4.78 is 0. The van der Waals surface area contributed by atoms with Gasteiger partial charge in [-0.3, -0.25) is 0 Å². The molecule has 1 atom stereocenters. The maximum Gasteiger partial charge on any atom is 0.225 e. The molecular formula is C21H24N4. The first kappa shape index (κ1) is 16.0. The molecular weight excluding hydrogens is 308 g/mol. The van der Waals surface area contributed by atoms with E-state index in [1.165, 1.54) is 29.2 Å². The van der Waals surface area contributed by atoms with E-state index in [4.69, 9.17) is 0 Å². The molecule has 0 bridgehead atoms. The third-order valence-corrected chi connectivity index (χ3v) is 4.98. The zero-order valence-electron chi connectivity index (χ0n) is 14.7. The van der Waals surface area contributed by atoms with Crippen LogP contribution in [-0.4, -0.2) is 23.1 Å². The second-order valence-electron chi connectivity index (χ2n) is 6.76. The van der Waals surface area contributed by atoms with Crippen LogP contribution in [0.4, 0.5) is 5.95 Å². The van der Waals surface area contributed by atoms with Crippen molar-refractivity contribution < 1.29 is 0 Å². The molecule has 1 aromatic heterocycles. The van der Waals surface area contributed by atoms with Crippen LogP contribution in [0.2, 0.25) is 0 Å². The second kappa shape index (κ2) is 7.19. The molecule has 2 aromatic carbocycles. The van der Waals surface area contributed by atoms with E-state index in [9.17, 15) is 0 Å². The largest absolute Gasteiger partial charge is 0.341 e. The average Bonchev–Trinajstić information content (AvgIpc) is 3.21. The molecule has 25 heavy (non-hydrogen) atoms. The third kappa shape index (κ3) is 3.49. The van der Waals surface area contributed by atoms with E-state index < -0.39 is 0 Å². The third-order valence-electron chi connectivity index (χ3n) is 4.98. The quantitative estimate of drug-likeness (QED) is 0.764. The van der Waals surface area contributed by atoms with Gasteiger partial charge in [-0.1, -0.05) is 42.5 Å². The number of aromatic nitrogens is 2. The van der Waals surface area contributed by atoms with Crippen LogP contribution < -0.4 is 10.2 Å². The maximum atomic E-state index is 4.54. The van der Waals surface area contributed by atoms with Gasteiger partial charge >= 0.3 is 0 Å². The summed E-state index contributed by atoms with van der Waals surface area (Å²) >= 11 is 0. The normalized spacial score (nSPS) is 15.6. The molecule has 0 unspecified atom stereocenters. The molecule has 1 aliphatic heterocycles. The highest BCUT2D eigenvalue weighted by atomic mass is 15.3. The molecule has 0 saturated carbocycles. The standard InChI is InChI=1S/C21H24N4/c1-16(19-10-6-8-18-7-2-3-9-20(18)19)22-13-17-14-23-21(24-15-17)25-11-4-5-12-25/h2-3,6-10,14-16,22H,4-5,11-13H2,1H3/t16-/m0/s1. The molecule has 0 aliphatic carbocycles. The van der Waals surface area contributed by atoms with E-state index >= 15 is 0 Å². The van der Waals surface area contributed by atoms with Gasteiger partial charge in [0.2, 0.25) is 5.95 Å². The Labute approximate surface area is 148 Å². The number of benzene rings is 2. The topological polar surface area (TPSA) is 41.1 Å². The fourth-order valence-electron chi connectivity index (χ4n) is 3.53. The lowest BCUT2D eigenvalue weighted by Crippen LogP contribution is -2.21. The second-order valence-corrected chi connectivity index (χ2v) is 6.76. The molecule has 4 nitrogen and oxygen atoms in total. The van der Waals surface area contributed by atoms with E-state index in [1.54, 1.807) is 0 Å². The van der Waals surface area contributed by atoms with Crippen LogP contribution in [0.25, 0.3) is 10.8 Å². The van der Waals surface area contributed by atoms with Gasteiger partial charge in [-0.15, -0.1) is 0 Å². The van der Waals surface area contributed by atoms with E-state index in [0.717, 1.165) is 31.1 Å². The molecule has 2 heterocycles. The Morgan fingerprint density at radius 2 is 1.72 bits per heavy atom. The average molecular weight is 332 g/mol. The Kier molecular flexibility index (Phi) is 4.61. The van der Waals surface area contributed by atoms with Gasteiger partial charge in [-0.25, -0.2) is 9.97 Å². The lowest BCUT2D eigenvalue weighted by atomic mass is 9.99. The summed E-state index contributed by atoms with van der Waals surface area (Å²) in [6.45, 7) is 5.14. The molecule has 1 fully saturated rings. The number of anilines is 1. The first-order chi connectivity index (χ1) is 12.3. The highest BCUT2D eigenvalue weighted by molar-refractivity contribution is 5.86. The summed E-state index contributed by atoms with van der Waals surface area (Å²) in [4.78, 5) is 11.3. The van der Waals surface area contributed by atoms with Crippen molar-refractivity contribution in [3.63, 3.8) is 0 Å². The van der Waals surface area contributed by atoms with Crippen molar-refractivity contribution in [1.29, 1.82) is 0 Å². The minimum Gasteiger partial charge on any atom is -0.341 e. The van der Waals surface area contributed by atoms with Crippen LogP contribution in [0, 0.1) is 0 Å². The molecule has 0 radical (unpaired) electrons. The molecule has 128 valence electrons. The Bertz CT molecular complexity index is 833. The van der Waals surface area contributed by atoms with Crippen LogP contribution in [0.3, 0.4) is 0 Å². The predicted octanol–water partition coefficient (Wildman–Crippen LogP) is 4.08. The maximum absolute atomic E-state index is 4.54. The number of fused-ring (bicyclic) bond motifs is 1. The fraction of sp³-hybridized carbons (Fsp3) is 0.333. The summed E-state index contributed by atoms with van der Waals surface area (Å²) in [6.07, 6.45) is 6.39. The lowest BCUT2D eigenvalue weighted by Gasteiger charge is -2.17. The summed E-state index contributed by atoms with van der Waals surface area (Å²) in [5.41, 5.74) is 2.45. The predicted molar refractivity (Wildman–Crippen MR) is 103 cm³/mol. The first-order valence-electron chi connectivity index (χ1n) is 9.08. The number of rotatable bonds is 5. The minimum absolute atomic E-state index is 0.268. The van der Waals surface area contributed by atoms with E-state index in [0.29, 0.717) is 0 Å². The van der Waals surface area contributed by atoms with Crippen molar-refractivity contribution in [1.82, 2.24) is 15.3 Å². The van der Waals surface area contributed by atoms with Crippen molar-refractivity contribution >= 4 is 16.7 Å². The first-order valence-corrected chi connectivity index (χ1v) is 9.08. The molecule has 4 heteroatoms. The Morgan fingerprint density at radius 3 is 2.52 bits per heavy atom. The zero-order chi connectivity index (χ0) is 17.1. The summed E-state index contributed by atoms with van der Waals surface area (Å²) in [5.74, 6) is 0.864. The number of nitrogens with one attached hydrogen (secondary N) is 1.